The van der Waals surface area contributed by atoms with Gasteiger partial charge in [0.05, 0.1) is 23.4 Å². The van der Waals surface area contributed by atoms with Crippen LogP contribution in [0.3, 0.4) is 0 Å². The van der Waals surface area contributed by atoms with E-state index >= 15 is 0 Å². The molecule has 222 valence electrons. The van der Waals surface area contributed by atoms with Gasteiger partial charge < -0.3 is 24.1 Å². The van der Waals surface area contributed by atoms with E-state index in [2.05, 4.69) is 19.7 Å². The summed E-state index contributed by atoms with van der Waals surface area (Å²) in [6, 6.07) is 23.3. The number of carbonyl (C=O) groups is 1. The van der Waals surface area contributed by atoms with Crippen molar-refractivity contribution in [3.05, 3.63) is 90.5 Å². The number of amides is 1. The highest BCUT2D eigenvalue weighted by Crippen LogP contribution is 2.55. The van der Waals surface area contributed by atoms with Gasteiger partial charge >= 0.3 is 11.4 Å². The number of aromatic hydroxyl groups is 1. The van der Waals surface area contributed by atoms with Gasteiger partial charge in [0.1, 0.15) is 16.6 Å². The van der Waals surface area contributed by atoms with Crippen LogP contribution in [-0.2, 0) is 15.5 Å². The van der Waals surface area contributed by atoms with E-state index < -0.39 is 28.0 Å². The average Bonchev–Trinajstić information content (AvgIpc) is 2.99. The van der Waals surface area contributed by atoms with Crippen LogP contribution in [-0.4, -0.2) is 40.5 Å². The maximum Gasteiger partial charge on any atom is 0.301 e. The number of hydrogen-bond acceptors (Lipinski definition) is 9. The molecule has 1 amide bonds. The lowest BCUT2D eigenvalue weighted by molar-refractivity contribution is 0.102. The van der Waals surface area contributed by atoms with E-state index in [1.54, 1.807) is 78.9 Å². The molecule has 0 fully saturated rings. The van der Waals surface area contributed by atoms with Crippen molar-refractivity contribution < 1.29 is 36.5 Å². The lowest BCUT2D eigenvalue weighted by Gasteiger charge is -2.22. The molecule has 11 nitrogen and oxygen atoms in total. The number of rotatable bonds is 6. The summed E-state index contributed by atoms with van der Waals surface area (Å²) in [6.07, 6.45) is 0. The predicted molar refractivity (Wildman–Crippen MR) is 165 cm³/mol. The van der Waals surface area contributed by atoms with E-state index in [9.17, 15) is 27.8 Å². The lowest BCUT2D eigenvalue weighted by atomic mass is 10.1. The van der Waals surface area contributed by atoms with Crippen molar-refractivity contribution in [2.24, 2.45) is 10.2 Å². The molecule has 0 heterocycles. The third kappa shape index (κ3) is 10.7. The van der Waals surface area contributed by atoms with Crippen LogP contribution in [0.25, 0.3) is 10.8 Å². The standard InChI is InChI=1S/C23H19N3O5S.2C2H6.CH4O3S/c27-22-20-16(10-7-13-18(20)24-23(28)15-8-3-1-4-9-15)14-19(32(29,30)31)21(22)26-25-17-11-5-2-6-12-17;2*1-2;1-4-5(2)3/h1-14,27,29-31H,(H,24,28);2*1-2H3;1H3,(H,2,3). The highest BCUT2D eigenvalue weighted by atomic mass is 32.3. The number of hydrogen-bond donors (Lipinski definition) is 6. The predicted octanol–water partition coefficient (Wildman–Crippen LogP) is 8.62. The number of azo groups is 1. The molecule has 0 saturated heterocycles. The number of nitrogens with one attached hydrogen (secondary N) is 1. The number of benzene rings is 4. The van der Waals surface area contributed by atoms with Crippen LogP contribution < -0.4 is 5.32 Å². The monoisotopic (exact) mass is 605 g/mol. The Kier molecular flexibility index (Phi) is 15.4. The van der Waals surface area contributed by atoms with Gasteiger partial charge in [-0.25, -0.2) is 0 Å². The second-order valence-electron chi connectivity index (χ2n) is 7.23. The normalized spacial score (nSPS) is 11.6. The van der Waals surface area contributed by atoms with Crippen molar-refractivity contribution in [1.82, 2.24) is 0 Å². The highest BCUT2D eigenvalue weighted by Gasteiger charge is 2.26. The first kappa shape index (κ1) is 35.3. The first-order valence-corrected chi connectivity index (χ1v) is 14.9. The van der Waals surface area contributed by atoms with Gasteiger partial charge in [0.25, 0.3) is 5.91 Å². The molecule has 0 aliphatic heterocycles. The summed E-state index contributed by atoms with van der Waals surface area (Å²) in [6.45, 7) is 8.00. The van der Waals surface area contributed by atoms with Gasteiger partial charge in [-0.3, -0.25) is 13.5 Å². The van der Waals surface area contributed by atoms with Crippen LogP contribution in [0.1, 0.15) is 38.1 Å². The highest BCUT2D eigenvalue weighted by molar-refractivity contribution is 8.19. The summed E-state index contributed by atoms with van der Waals surface area (Å²) < 4.78 is 50.4. The molecule has 0 aliphatic rings. The van der Waals surface area contributed by atoms with E-state index in [0.717, 1.165) is 7.11 Å². The van der Waals surface area contributed by atoms with Crippen LogP contribution in [0.15, 0.2) is 100 Å². The van der Waals surface area contributed by atoms with E-state index in [0.29, 0.717) is 16.6 Å². The molecule has 0 aromatic heterocycles. The SMILES string of the molecule is CC.CC.COS(=O)O.O=C(Nc1cccc2cc(S(O)(O)O)c(N=Nc3ccccc3)c(O)c12)c1ccccc1. The Morgan fingerprint density at radius 3 is 1.90 bits per heavy atom. The molecule has 0 spiro atoms. The zero-order chi connectivity index (χ0) is 31.0. The van der Waals surface area contributed by atoms with Gasteiger partial charge in [0, 0.05) is 10.9 Å². The molecule has 1 unspecified atom stereocenters. The number of fused-ring (bicyclic) bond motifs is 1. The van der Waals surface area contributed by atoms with Crippen LogP contribution in [0.2, 0.25) is 0 Å². The Balaban J connectivity index is 0.000000831. The van der Waals surface area contributed by atoms with Crippen LogP contribution in [0.5, 0.6) is 5.75 Å². The number of carbonyl (C=O) groups excluding carboxylic acids is 1. The van der Waals surface area contributed by atoms with Gasteiger partial charge in [0.2, 0.25) is 0 Å². The van der Waals surface area contributed by atoms with Gasteiger partial charge in [-0.1, -0.05) is 76.2 Å². The molecule has 6 N–H and O–H groups in total. The summed E-state index contributed by atoms with van der Waals surface area (Å²) in [4.78, 5) is 12.3. The van der Waals surface area contributed by atoms with E-state index in [1.165, 1.54) is 6.07 Å². The summed E-state index contributed by atoms with van der Waals surface area (Å²) in [7, 11) is -3.08. The molecule has 0 radical (unpaired) electrons. The maximum atomic E-state index is 12.6. The Hall–Kier alpha value is -3.69. The zero-order valence-electron chi connectivity index (χ0n) is 23.3. The zero-order valence-corrected chi connectivity index (χ0v) is 24.9. The summed E-state index contributed by atoms with van der Waals surface area (Å²) >= 11 is -2.07. The number of phenolic OH excluding ortho intramolecular Hbond substituents is 1. The molecule has 41 heavy (non-hydrogen) atoms. The minimum absolute atomic E-state index is 0.214. The Bertz CT molecular complexity index is 1430. The van der Waals surface area contributed by atoms with Gasteiger partial charge in [-0.05, 0) is 41.8 Å². The van der Waals surface area contributed by atoms with Gasteiger partial charge in [-0.15, -0.1) is 5.11 Å². The van der Waals surface area contributed by atoms with Crippen molar-refractivity contribution >= 4 is 56.0 Å². The lowest BCUT2D eigenvalue weighted by Crippen LogP contribution is -2.12. The fraction of sp³-hybridized carbons (Fsp3) is 0.179. The molecular formula is C28H35N3O8S2. The molecule has 0 aliphatic carbocycles. The Morgan fingerprint density at radius 2 is 1.39 bits per heavy atom. The molecule has 4 aromatic rings. The van der Waals surface area contributed by atoms with E-state index in [-0.39, 0.29) is 27.6 Å². The van der Waals surface area contributed by atoms with Crippen molar-refractivity contribution in [3.63, 3.8) is 0 Å². The topological polar surface area (TPSA) is 181 Å². The minimum Gasteiger partial charge on any atom is -0.505 e. The van der Waals surface area contributed by atoms with Crippen LogP contribution >= 0.6 is 10.9 Å². The third-order valence-electron chi connectivity index (χ3n) is 4.82. The smallest absolute Gasteiger partial charge is 0.301 e. The third-order valence-corrected chi connectivity index (χ3v) is 6.01. The van der Waals surface area contributed by atoms with Gasteiger partial charge in [0.15, 0.2) is 5.75 Å². The fourth-order valence-electron chi connectivity index (χ4n) is 3.20. The second-order valence-corrected chi connectivity index (χ2v) is 9.48. The summed E-state index contributed by atoms with van der Waals surface area (Å²) in [5.74, 6) is -0.851. The van der Waals surface area contributed by atoms with E-state index in [1.807, 2.05) is 27.7 Å². The average molecular weight is 606 g/mol. The second kappa shape index (κ2) is 17.9. The fourth-order valence-corrected chi connectivity index (χ4v) is 3.88. The van der Waals surface area contributed by atoms with Crippen LogP contribution in [0.4, 0.5) is 17.1 Å². The number of nitrogens with zero attached hydrogens (tertiary/aromatic N) is 2. The van der Waals surface area contributed by atoms with Crippen molar-refractivity contribution in [3.8, 4) is 5.75 Å². The minimum atomic E-state index is -4.23. The molecule has 13 heteroatoms. The molecule has 4 rings (SSSR count). The first-order chi connectivity index (χ1) is 19.6. The molecule has 4 aromatic carbocycles. The number of anilines is 1. The number of phenols is 1. The molecule has 0 bridgehead atoms. The van der Waals surface area contributed by atoms with Crippen molar-refractivity contribution in [1.29, 1.82) is 0 Å². The summed E-state index contributed by atoms with van der Waals surface area (Å²) in [5.41, 5.74) is 0.850. The molecular weight excluding hydrogens is 570 g/mol. The van der Waals surface area contributed by atoms with Crippen molar-refractivity contribution in [2.45, 2.75) is 32.6 Å². The summed E-state index contributed by atoms with van der Waals surface area (Å²) in [5, 5.41) is 22.3. The van der Waals surface area contributed by atoms with E-state index in [4.69, 9.17) is 4.55 Å². The Labute approximate surface area is 243 Å². The molecule has 1 atom stereocenters. The largest absolute Gasteiger partial charge is 0.505 e. The van der Waals surface area contributed by atoms with Crippen LogP contribution in [0, 0.1) is 0 Å². The maximum absolute atomic E-state index is 12.6. The first-order valence-electron chi connectivity index (χ1n) is 12.4. The Morgan fingerprint density at radius 1 is 0.854 bits per heavy atom. The van der Waals surface area contributed by atoms with Gasteiger partial charge in [-0.2, -0.15) is 9.32 Å². The molecule has 0 saturated carbocycles. The van der Waals surface area contributed by atoms with Crippen molar-refractivity contribution in [2.75, 3.05) is 12.4 Å². The quantitative estimate of drug-likeness (QED) is 0.0932.